The summed E-state index contributed by atoms with van der Waals surface area (Å²) in [6.45, 7) is 8.86. The molecule has 0 saturated carbocycles. The Balaban J connectivity index is 2.15. The van der Waals surface area contributed by atoms with Crippen LogP contribution in [-0.2, 0) is 6.61 Å². The van der Waals surface area contributed by atoms with Gasteiger partial charge in [-0.3, -0.25) is 0 Å². The molecule has 3 nitrogen and oxygen atoms in total. The monoisotopic (exact) mass is 234 g/mol. The Kier molecular flexibility index (Phi) is 3.67. The van der Waals surface area contributed by atoms with Crippen LogP contribution in [0.2, 0.25) is 0 Å². The molecule has 2 atom stereocenters. The molecular weight excluding hydrogens is 212 g/mol. The minimum absolute atomic E-state index is 0.0759. The maximum absolute atomic E-state index is 9.14. The maximum atomic E-state index is 9.14. The molecule has 17 heavy (non-hydrogen) atoms. The minimum Gasteiger partial charge on any atom is -0.392 e. The van der Waals surface area contributed by atoms with Crippen molar-refractivity contribution in [2.24, 2.45) is 11.8 Å². The van der Waals surface area contributed by atoms with Gasteiger partial charge in [0.15, 0.2) is 0 Å². The Morgan fingerprint density at radius 2 is 2.12 bits per heavy atom. The summed E-state index contributed by atoms with van der Waals surface area (Å²) < 4.78 is 0. The van der Waals surface area contributed by atoms with Gasteiger partial charge in [0.05, 0.1) is 6.61 Å². The lowest BCUT2D eigenvalue weighted by molar-refractivity contribution is 0.280. The van der Waals surface area contributed by atoms with Gasteiger partial charge in [0.25, 0.3) is 0 Å². The molecule has 1 saturated heterocycles. The molecule has 94 valence electrons. The molecule has 2 heterocycles. The lowest BCUT2D eigenvalue weighted by Crippen LogP contribution is -2.38. The number of aliphatic hydroxyl groups excluding tert-OH is 1. The Bertz CT molecular complexity index is 392. The van der Waals surface area contributed by atoms with Crippen LogP contribution in [0.5, 0.6) is 0 Å². The van der Waals surface area contributed by atoms with Gasteiger partial charge < -0.3 is 10.0 Å². The summed E-state index contributed by atoms with van der Waals surface area (Å²) in [6.07, 6.45) is 1.24. The highest BCUT2D eigenvalue weighted by atomic mass is 16.3. The standard InChI is InChI=1S/C14H22N2O/c1-10-6-7-16(8-11(10)2)14-5-4-13(9-17)12(3)15-14/h4-5,10-11,17H,6-9H2,1-3H3. The third-order valence-electron chi connectivity index (χ3n) is 4.01. The van der Waals surface area contributed by atoms with Gasteiger partial charge in [-0.1, -0.05) is 19.9 Å². The molecule has 0 radical (unpaired) electrons. The van der Waals surface area contributed by atoms with Crippen molar-refractivity contribution in [3.8, 4) is 0 Å². The summed E-state index contributed by atoms with van der Waals surface area (Å²) in [4.78, 5) is 6.95. The van der Waals surface area contributed by atoms with Crippen molar-refractivity contribution in [1.29, 1.82) is 0 Å². The molecule has 1 aromatic heterocycles. The van der Waals surface area contributed by atoms with Crippen LogP contribution in [0.1, 0.15) is 31.5 Å². The Labute approximate surface area is 103 Å². The first-order valence-corrected chi connectivity index (χ1v) is 6.44. The Morgan fingerprint density at radius 3 is 2.71 bits per heavy atom. The normalized spacial score (nSPS) is 25.1. The first-order valence-electron chi connectivity index (χ1n) is 6.44. The average molecular weight is 234 g/mol. The maximum Gasteiger partial charge on any atom is 0.128 e. The summed E-state index contributed by atoms with van der Waals surface area (Å²) in [5, 5.41) is 9.14. The quantitative estimate of drug-likeness (QED) is 0.853. The second-order valence-corrected chi connectivity index (χ2v) is 5.26. The smallest absolute Gasteiger partial charge is 0.128 e. The van der Waals surface area contributed by atoms with Crippen LogP contribution in [-0.4, -0.2) is 23.2 Å². The predicted molar refractivity (Wildman–Crippen MR) is 70.1 cm³/mol. The van der Waals surface area contributed by atoms with Crippen molar-refractivity contribution in [3.63, 3.8) is 0 Å². The number of pyridine rings is 1. The number of aliphatic hydroxyl groups is 1. The van der Waals surface area contributed by atoms with E-state index in [4.69, 9.17) is 5.11 Å². The van der Waals surface area contributed by atoms with Crippen molar-refractivity contribution in [2.45, 2.75) is 33.8 Å². The molecule has 0 bridgehead atoms. The fraction of sp³-hybridized carbons (Fsp3) is 0.643. The molecular formula is C14H22N2O. The molecule has 2 rings (SSSR count). The number of anilines is 1. The lowest BCUT2D eigenvalue weighted by Gasteiger charge is -2.36. The van der Waals surface area contributed by atoms with Crippen LogP contribution in [0.4, 0.5) is 5.82 Å². The highest BCUT2D eigenvalue weighted by molar-refractivity contribution is 5.42. The van der Waals surface area contributed by atoms with E-state index in [0.29, 0.717) is 0 Å². The minimum atomic E-state index is 0.0759. The van der Waals surface area contributed by atoms with Crippen LogP contribution < -0.4 is 4.90 Å². The summed E-state index contributed by atoms with van der Waals surface area (Å²) in [7, 11) is 0. The predicted octanol–water partition coefficient (Wildman–Crippen LogP) is 2.36. The summed E-state index contributed by atoms with van der Waals surface area (Å²) in [6, 6.07) is 4.02. The van der Waals surface area contributed by atoms with Gasteiger partial charge in [0.2, 0.25) is 0 Å². The zero-order valence-corrected chi connectivity index (χ0v) is 11.0. The van der Waals surface area contributed by atoms with Gasteiger partial charge in [0, 0.05) is 18.8 Å². The van der Waals surface area contributed by atoms with Crippen LogP contribution in [0, 0.1) is 18.8 Å². The van der Waals surface area contributed by atoms with Crippen LogP contribution in [0.15, 0.2) is 12.1 Å². The SMILES string of the molecule is Cc1nc(N2CCC(C)C(C)C2)ccc1CO. The number of nitrogens with zero attached hydrogens (tertiary/aromatic N) is 2. The molecule has 2 unspecified atom stereocenters. The van der Waals surface area contributed by atoms with Gasteiger partial charge >= 0.3 is 0 Å². The number of hydrogen-bond donors (Lipinski definition) is 1. The van der Waals surface area contributed by atoms with Crippen molar-refractivity contribution in [2.75, 3.05) is 18.0 Å². The Morgan fingerprint density at radius 1 is 1.35 bits per heavy atom. The van der Waals surface area contributed by atoms with E-state index in [0.717, 1.165) is 42.0 Å². The molecule has 0 aliphatic carbocycles. The van der Waals surface area contributed by atoms with Crippen LogP contribution in [0.25, 0.3) is 0 Å². The van der Waals surface area contributed by atoms with E-state index in [1.807, 2.05) is 19.1 Å². The van der Waals surface area contributed by atoms with Gasteiger partial charge in [-0.15, -0.1) is 0 Å². The number of aryl methyl sites for hydroxylation is 1. The molecule has 1 aromatic rings. The highest BCUT2D eigenvalue weighted by Crippen LogP contribution is 2.26. The van der Waals surface area contributed by atoms with E-state index in [-0.39, 0.29) is 6.61 Å². The van der Waals surface area contributed by atoms with E-state index in [9.17, 15) is 0 Å². The van der Waals surface area contributed by atoms with Gasteiger partial charge in [-0.05, 0) is 36.8 Å². The number of aromatic nitrogens is 1. The van der Waals surface area contributed by atoms with E-state index < -0.39 is 0 Å². The zero-order chi connectivity index (χ0) is 12.4. The average Bonchev–Trinajstić information content (AvgIpc) is 2.32. The number of rotatable bonds is 2. The van der Waals surface area contributed by atoms with Gasteiger partial charge in [0.1, 0.15) is 5.82 Å². The van der Waals surface area contributed by atoms with E-state index in [1.165, 1.54) is 6.42 Å². The number of piperidine rings is 1. The van der Waals surface area contributed by atoms with E-state index in [1.54, 1.807) is 0 Å². The third-order valence-corrected chi connectivity index (χ3v) is 4.01. The van der Waals surface area contributed by atoms with Crippen molar-refractivity contribution in [1.82, 2.24) is 4.98 Å². The molecule has 1 N–H and O–H groups in total. The molecule has 1 fully saturated rings. The molecule has 0 amide bonds. The van der Waals surface area contributed by atoms with E-state index in [2.05, 4.69) is 23.7 Å². The number of hydrogen-bond acceptors (Lipinski definition) is 3. The molecule has 3 heteroatoms. The van der Waals surface area contributed by atoms with Gasteiger partial charge in [-0.2, -0.15) is 0 Å². The van der Waals surface area contributed by atoms with Crippen LogP contribution in [0.3, 0.4) is 0 Å². The topological polar surface area (TPSA) is 36.4 Å². The van der Waals surface area contributed by atoms with Crippen molar-refractivity contribution < 1.29 is 5.11 Å². The van der Waals surface area contributed by atoms with Crippen molar-refractivity contribution >= 4 is 5.82 Å². The first kappa shape index (κ1) is 12.4. The fourth-order valence-corrected chi connectivity index (χ4v) is 2.39. The second kappa shape index (κ2) is 5.05. The second-order valence-electron chi connectivity index (χ2n) is 5.26. The Hall–Kier alpha value is -1.09. The molecule has 0 aromatic carbocycles. The molecule has 1 aliphatic rings. The third kappa shape index (κ3) is 2.60. The first-order chi connectivity index (χ1) is 8.11. The largest absolute Gasteiger partial charge is 0.392 e. The summed E-state index contributed by atoms with van der Waals surface area (Å²) in [5.41, 5.74) is 1.86. The van der Waals surface area contributed by atoms with Crippen LogP contribution >= 0.6 is 0 Å². The molecule has 0 spiro atoms. The zero-order valence-electron chi connectivity index (χ0n) is 11.0. The van der Waals surface area contributed by atoms with Gasteiger partial charge in [-0.25, -0.2) is 4.98 Å². The highest BCUT2D eigenvalue weighted by Gasteiger charge is 2.23. The lowest BCUT2D eigenvalue weighted by atomic mass is 9.89. The summed E-state index contributed by atoms with van der Waals surface area (Å²) in [5.74, 6) is 2.59. The van der Waals surface area contributed by atoms with Crippen molar-refractivity contribution in [3.05, 3.63) is 23.4 Å². The van der Waals surface area contributed by atoms with E-state index >= 15 is 0 Å². The fourth-order valence-electron chi connectivity index (χ4n) is 2.39. The molecule has 1 aliphatic heterocycles. The summed E-state index contributed by atoms with van der Waals surface area (Å²) >= 11 is 0.